The number of rotatable bonds is 6. The van der Waals surface area contributed by atoms with Crippen LogP contribution in [-0.4, -0.2) is 29.4 Å². The topological polar surface area (TPSA) is 45.2 Å². The molecule has 0 spiro atoms. The van der Waals surface area contributed by atoms with Crippen molar-refractivity contribution in [1.29, 1.82) is 0 Å². The smallest absolute Gasteiger partial charge is 0.234 e. The van der Waals surface area contributed by atoms with Gasteiger partial charge in [-0.2, -0.15) is 0 Å². The van der Waals surface area contributed by atoms with Gasteiger partial charge in [0, 0.05) is 24.0 Å². The van der Waals surface area contributed by atoms with Gasteiger partial charge in [-0.05, 0) is 55.6 Å². The van der Waals surface area contributed by atoms with E-state index in [1.54, 1.807) is 6.20 Å². The molecule has 1 saturated carbocycles. The van der Waals surface area contributed by atoms with Crippen LogP contribution in [0, 0.1) is 0 Å². The molecule has 1 fully saturated rings. The number of nitrogens with zero attached hydrogens (tertiary/aromatic N) is 2. The second kappa shape index (κ2) is 7.32. The van der Waals surface area contributed by atoms with Crippen LogP contribution in [0.4, 0.5) is 0 Å². The summed E-state index contributed by atoms with van der Waals surface area (Å²) < 4.78 is 0. The van der Waals surface area contributed by atoms with Crippen LogP contribution in [0.3, 0.4) is 0 Å². The molecule has 4 nitrogen and oxygen atoms in total. The van der Waals surface area contributed by atoms with Crippen molar-refractivity contribution in [1.82, 2.24) is 15.2 Å². The summed E-state index contributed by atoms with van der Waals surface area (Å²) in [5.74, 6) is 0.0519. The fraction of sp³-hybridized carbons (Fsp3) is 0.368. The zero-order valence-corrected chi connectivity index (χ0v) is 14.6. The van der Waals surface area contributed by atoms with Gasteiger partial charge >= 0.3 is 0 Å². The van der Waals surface area contributed by atoms with Crippen molar-refractivity contribution in [2.24, 2.45) is 0 Å². The summed E-state index contributed by atoms with van der Waals surface area (Å²) in [6, 6.07) is 11.7. The molecule has 1 aromatic carbocycles. The van der Waals surface area contributed by atoms with Crippen molar-refractivity contribution in [3.05, 3.63) is 64.9 Å². The van der Waals surface area contributed by atoms with Gasteiger partial charge in [-0.25, -0.2) is 0 Å². The summed E-state index contributed by atoms with van der Waals surface area (Å²) in [6.45, 7) is 1.07. The Hall–Kier alpha value is -1.91. The van der Waals surface area contributed by atoms with E-state index >= 15 is 0 Å². The molecule has 1 aromatic heterocycles. The molecule has 0 aliphatic heterocycles. The number of amides is 1. The molecule has 1 N–H and O–H groups in total. The van der Waals surface area contributed by atoms with Gasteiger partial charge < -0.3 is 5.32 Å². The Bertz CT molecular complexity index is 684. The zero-order valence-electron chi connectivity index (χ0n) is 13.8. The van der Waals surface area contributed by atoms with Gasteiger partial charge in [0.25, 0.3) is 0 Å². The van der Waals surface area contributed by atoms with Gasteiger partial charge in [0.05, 0.1) is 12.1 Å². The van der Waals surface area contributed by atoms with E-state index in [-0.39, 0.29) is 11.4 Å². The number of likely N-dealkylation sites (N-methyl/N-ethyl adjacent to an activating group) is 1. The van der Waals surface area contributed by atoms with E-state index in [0.717, 1.165) is 35.4 Å². The van der Waals surface area contributed by atoms with Crippen LogP contribution in [0.25, 0.3) is 0 Å². The number of carbonyl (C=O) groups excluding carboxylic acids is 1. The lowest BCUT2D eigenvalue weighted by Gasteiger charge is -2.43. The molecular formula is C19H22ClN3O. The van der Waals surface area contributed by atoms with E-state index in [0.29, 0.717) is 13.1 Å². The van der Waals surface area contributed by atoms with Crippen LogP contribution in [0.5, 0.6) is 0 Å². The Labute approximate surface area is 147 Å². The summed E-state index contributed by atoms with van der Waals surface area (Å²) in [6.07, 6.45) is 6.67. The molecule has 0 bridgehead atoms. The van der Waals surface area contributed by atoms with E-state index in [4.69, 9.17) is 11.6 Å². The number of hydrogen-bond donors (Lipinski definition) is 1. The molecule has 0 radical (unpaired) electrons. The monoisotopic (exact) mass is 343 g/mol. The van der Waals surface area contributed by atoms with E-state index in [2.05, 4.69) is 10.3 Å². The molecule has 5 heteroatoms. The minimum Gasteiger partial charge on any atom is -0.345 e. The Morgan fingerprint density at radius 1 is 1.29 bits per heavy atom. The molecule has 1 amide bonds. The number of aromatic nitrogens is 1. The highest BCUT2D eigenvalue weighted by molar-refractivity contribution is 6.30. The number of carbonyl (C=O) groups is 1. The highest BCUT2D eigenvalue weighted by Crippen LogP contribution is 2.41. The predicted octanol–water partition coefficient (Wildman–Crippen LogP) is 3.36. The number of nitrogens with one attached hydrogen (secondary N) is 1. The van der Waals surface area contributed by atoms with Crippen molar-refractivity contribution in [2.45, 2.75) is 31.3 Å². The Kier molecular flexibility index (Phi) is 5.17. The molecule has 2 aromatic rings. The maximum atomic E-state index is 12.5. The van der Waals surface area contributed by atoms with Crippen LogP contribution >= 0.6 is 11.6 Å². The molecule has 0 saturated heterocycles. The largest absolute Gasteiger partial charge is 0.345 e. The van der Waals surface area contributed by atoms with Crippen molar-refractivity contribution < 1.29 is 4.79 Å². The molecule has 1 aliphatic rings. The maximum Gasteiger partial charge on any atom is 0.234 e. The van der Waals surface area contributed by atoms with Gasteiger partial charge in [-0.1, -0.05) is 29.8 Å². The minimum absolute atomic E-state index is 0.0519. The molecule has 0 unspecified atom stereocenters. The molecule has 24 heavy (non-hydrogen) atoms. The molecule has 1 aliphatic carbocycles. The first-order chi connectivity index (χ1) is 11.6. The Morgan fingerprint density at radius 3 is 2.62 bits per heavy atom. The van der Waals surface area contributed by atoms with Crippen molar-refractivity contribution in [3.63, 3.8) is 0 Å². The third-order valence-corrected chi connectivity index (χ3v) is 4.82. The number of halogens is 1. The highest BCUT2D eigenvalue weighted by atomic mass is 35.5. The molecule has 126 valence electrons. The van der Waals surface area contributed by atoms with Crippen molar-refractivity contribution in [2.75, 3.05) is 13.6 Å². The van der Waals surface area contributed by atoms with E-state index in [1.807, 2.05) is 54.5 Å². The average molecular weight is 344 g/mol. The third kappa shape index (κ3) is 3.94. The molecule has 0 atom stereocenters. The number of benzene rings is 1. The quantitative estimate of drug-likeness (QED) is 0.874. The first kappa shape index (κ1) is 16.9. The van der Waals surface area contributed by atoms with Gasteiger partial charge in [-0.3, -0.25) is 14.7 Å². The molecule has 3 rings (SSSR count). The van der Waals surface area contributed by atoms with Crippen LogP contribution in [-0.2, 0) is 16.9 Å². The standard InChI is InChI=1S/C19H22ClN3O/c1-23(13-15-4-2-11-21-12-15)14-18(24)22-19(9-3-10-19)16-5-7-17(20)8-6-16/h2,4-8,11-12H,3,9-10,13-14H2,1H3,(H,22,24). The van der Waals surface area contributed by atoms with E-state index in [1.165, 1.54) is 0 Å². The van der Waals surface area contributed by atoms with Gasteiger partial charge in [-0.15, -0.1) is 0 Å². The van der Waals surface area contributed by atoms with Crippen molar-refractivity contribution in [3.8, 4) is 0 Å². The lowest BCUT2D eigenvalue weighted by Crippen LogP contribution is -2.52. The average Bonchev–Trinajstić information content (AvgIpc) is 2.52. The second-order valence-electron chi connectivity index (χ2n) is 6.52. The second-order valence-corrected chi connectivity index (χ2v) is 6.96. The normalized spacial score (nSPS) is 15.8. The van der Waals surface area contributed by atoms with Crippen LogP contribution in [0.2, 0.25) is 5.02 Å². The first-order valence-electron chi connectivity index (χ1n) is 8.22. The minimum atomic E-state index is -0.225. The Balaban J connectivity index is 1.59. The van der Waals surface area contributed by atoms with Gasteiger partial charge in [0.1, 0.15) is 0 Å². The van der Waals surface area contributed by atoms with Crippen molar-refractivity contribution >= 4 is 17.5 Å². The van der Waals surface area contributed by atoms with Crippen LogP contribution < -0.4 is 5.32 Å². The first-order valence-corrected chi connectivity index (χ1v) is 8.60. The summed E-state index contributed by atoms with van der Waals surface area (Å²) in [4.78, 5) is 18.6. The lowest BCUT2D eigenvalue weighted by atomic mass is 9.72. The zero-order chi connectivity index (χ0) is 17.0. The number of hydrogen-bond acceptors (Lipinski definition) is 3. The summed E-state index contributed by atoms with van der Waals surface area (Å²) in [5, 5.41) is 3.96. The molecular weight excluding hydrogens is 322 g/mol. The lowest BCUT2D eigenvalue weighted by molar-refractivity contribution is -0.125. The van der Waals surface area contributed by atoms with Gasteiger partial charge in [0.15, 0.2) is 0 Å². The van der Waals surface area contributed by atoms with E-state index < -0.39 is 0 Å². The summed E-state index contributed by atoms with van der Waals surface area (Å²) >= 11 is 5.98. The SMILES string of the molecule is CN(CC(=O)NC1(c2ccc(Cl)cc2)CCC1)Cc1cccnc1. The fourth-order valence-corrected chi connectivity index (χ4v) is 3.32. The van der Waals surface area contributed by atoms with Crippen LogP contribution in [0.1, 0.15) is 30.4 Å². The Morgan fingerprint density at radius 2 is 2.04 bits per heavy atom. The summed E-state index contributed by atoms with van der Waals surface area (Å²) in [5.41, 5.74) is 2.02. The van der Waals surface area contributed by atoms with Crippen LogP contribution in [0.15, 0.2) is 48.8 Å². The highest BCUT2D eigenvalue weighted by Gasteiger charge is 2.39. The fourth-order valence-electron chi connectivity index (χ4n) is 3.20. The van der Waals surface area contributed by atoms with E-state index in [9.17, 15) is 4.79 Å². The molecule has 1 heterocycles. The third-order valence-electron chi connectivity index (χ3n) is 4.57. The number of pyridine rings is 1. The maximum absolute atomic E-state index is 12.5. The predicted molar refractivity (Wildman–Crippen MR) is 95.7 cm³/mol. The van der Waals surface area contributed by atoms with Gasteiger partial charge in [0.2, 0.25) is 5.91 Å². The summed E-state index contributed by atoms with van der Waals surface area (Å²) in [7, 11) is 1.95.